The number of nitrogens with two attached hydrogens (primary N) is 1. The van der Waals surface area contributed by atoms with Crippen LogP contribution < -0.4 is 11.1 Å². The van der Waals surface area contributed by atoms with Crippen LogP contribution in [-0.2, 0) is 9.59 Å². The van der Waals surface area contributed by atoms with Gasteiger partial charge in [-0.1, -0.05) is 29.3 Å². The van der Waals surface area contributed by atoms with Gasteiger partial charge in [0.15, 0.2) is 0 Å². The molecule has 0 spiro atoms. The van der Waals surface area contributed by atoms with E-state index in [1.54, 1.807) is 24.3 Å². The molecule has 2 amide bonds. The molecule has 0 bridgehead atoms. The zero-order chi connectivity index (χ0) is 16.5. The fourth-order valence-electron chi connectivity index (χ4n) is 1.52. The molecule has 0 aliphatic carbocycles. The van der Waals surface area contributed by atoms with Gasteiger partial charge in [-0.05, 0) is 25.1 Å². The number of anilines is 1. The van der Waals surface area contributed by atoms with Gasteiger partial charge in [0.05, 0.1) is 15.7 Å². The van der Waals surface area contributed by atoms with Crippen LogP contribution in [-0.4, -0.2) is 30.3 Å². The Morgan fingerprint density at radius 1 is 1.45 bits per heavy atom. The van der Waals surface area contributed by atoms with E-state index >= 15 is 0 Å². The topological polar surface area (TPSA) is 99.2 Å². The quantitative estimate of drug-likeness (QED) is 0.451. The Kier molecular flexibility index (Phi) is 7.40. The molecule has 0 aromatic heterocycles. The van der Waals surface area contributed by atoms with Crippen molar-refractivity contribution in [3.63, 3.8) is 0 Å². The molecule has 1 rings (SSSR count). The Hall–Kier alpha value is -2.07. The first-order valence-electron chi connectivity index (χ1n) is 6.31. The first-order valence-corrected chi connectivity index (χ1v) is 7.07. The van der Waals surface area contributed by atoms with Crippen LogP contribution in [0.1, 0.15) is 6.42 Å². The van der Waals surface area contributed by atoms with Crippen LogP contribution >= 0.6 is 23.2 Å². The van der Waals surface area contributed by atoms with Crippen molar-refractivity contribution >= 4 is 41.2 Å². The van der Waals surface area contributed by atoms with Gasteiger partial charge in [0, 0.05) is 12.7 Å². The third kappa shape index (κ3) is 5.04. The Balaban J connectivity index is 2.90. The number of nitrogens with one attached hydrogen (secondary N) is 1. The van der Waals surface area contributed by atoms with Crippen molar-refractivity contribution in [2.45, 2.75) is 6.42 Å². The van der Waals surface area contributed by atoms with E-state index in [4.69, 9.17) is 34.2 Å². The highest BCUT2D eigenvalue weighted by molar-refractivity contribution is 6.44. The fraction of sp³-hybridized carbons (Fsp3) is 0.214. The van der Waals surface area contributed by atoms with Gasteiger partial charge in [0.25, 0.3) is 5.91 Å². The third-order valence-corrected chi connectivity index (χ3v) is 3.43. The minimum atomic E-state index is -0.689. The molecule has 0 fully saturated rings. The lowest BCUT2D eigenvalue weighted by molar-refractivity contribution is -0.116. The molecule has 6 nitrogen and oxygen atoms in total. The highest BCUT2D eigenvalue weighted by Gasteiger charge is 2.14. The monoisotopic (exact) mass is 340 g/mol. The maximum atomic E-state index is 12.1. The van der Waals surface area contributed by atoms with Crippen LogP contribution in [0.5, 0.6) is 0 Å². The minimum absolute atomic E-state index is 0.171. The lowest BCUT2D eigenvalue weighted by Gasteiger charge is -2.12. The Labute approximate surface area is 138 Å². The number of halogens is 2. The van der Waals surface area contributed by atoms with Crippen LogP contribution in [0, 0.1) is 11.3 Å². The third-order valence-electron chi connectivity index (χ3n) is 2.62. The smallest absolute Gasteiger partial charge is 0.267 e. The number of benzene rings is 1. The molecule has 116 valence electrons. The van der Waals surface area contributed by atoms with Crippen LogP contribution in [0.25, 0.3) is 0 Å². The van der Waals surface area contributed by atoms with Crippen molar-refractivity contribution in [2.24, 2.45) is 5.73 Å². The zero-order valence-electron chi connectivity index (χ0n) is 11.6. The molecule has 0 heterocycles. The van der Waals surface area contributed by atoms with Gasteiger partial charge < -0.3 is 16.0 Å². The summed E-state index contributed by atoms with van der Waals surface area (Å²) < 4.78 is 0. The molecule has 0 aliphatic heterocycles. The summed E-state index contributed by atoms with van der Waals surface area (Å²) in [6.45, 7) is 0.709. The summed E-state index contributed by atoms with van der Waals surface area (Å²) >= 11 is 11.8. The maximum Gasteiger partial charge on any atom is 0.267 e. The van der Waals surface area contributed by atoms with E-state index in [0.29, 0.717) is 25.9 Å². The fourth-order valence-corrected chi connectivity index (χ4v) is 1.86. The molecule has 1 aromatic carbocycles. The Morgan fingerprint density at radius 3 is 2.77 bits per heavy atom. The molecule has 0 unspecified atom stereocenters. The molecule has 3 N–H and O–H groups in total. The molecule has 1 aromatic rings. The number of carbonyl (C=O) groups excluding carboxylic acids is 2. The minimum Gasteiger partial charge on any atom is -0.330 e. The van der Waals surface area contributed by atoms with Crippen molar-refractivity contribution in [1.29, 1.82) is 5.26 Å². The van der Waals surface area contributed by atoms with Gasteiger partial charge in [-0.25, -0.2) is 0 Å². The number of rotatable bonds is 7. The zero-order valence-corrected chi connectivity index (χ0v) is 13.1. The standard InChI is InChI=1S/C14H14Cl2N4O2/c15-11-3-1-4-12(13(11)16)19-14(22)10(7-18)8-20(9-21)6-2-5-17/h1,3-4,8-9H,2,5-6,17H2,(H,19,22)/b10-8-. The average molecular weight is 341 g/mol. The molecule has 0 radical (unpaired) electrons. The predicted octanol–water partition coefficient (Wildman–Crippen LogP) is 2.15. The molecular formula is C14H14Cl2N4O2. The van der Waals surface area contributed by atoms with E-state index in [2.05, 4.69) is 5.32 Å². The Morgan fingerprint density at radius 2 is 2.18 bits per heavy atom. The van der Waals surface area contributed by atoms with E-state index in [1.165, 1.54) is 4.90 Å². The summed E-state index contributed by atoms with van der Waals surface area (Å²) in [5.41, 5.74) is 5.39. The van der Waals surface area contributed by atoms with E-state index in [1.807, 2.05) is 0 Å². The second-order valence-electron chi connectivity index (χ2n) is 4.20. The average Bonchev–Trinajstić information content (AvgIpc) is 2.52. The summed E-state index contributed by atoms with van der Waals surface area (Å²) in [4.78, 5) is 24.1. The van der Waals surface area contributed by atoms with Crippen LogP contribution in [0.4, 0.5) is 5.69 Å². The highest BCUT2D eigenvalue weighted by atomic mass is 35.5. The van der Waals surface area contributed by atoms with Crippen molar-refractivity contribution in [2.75, 3.05) is 18.4 Å². The van der Waals surface area contributed by atoms with E-state index < -0.39 is 5.91 Å². The normalized spacial score (nSPS) is 10.7. The summed E-state index contributed by atoms with van der Waals surface area (Å²) in [6, 6.07) is 6.47. The molecule has 8 heteroatoms. The molecule has 0 saturated heterocycles. The number of hydrogen-bond donors (Lipinski definition) is 2. The van der Waals surface area contributed by atoms with Gasteiger partial charge in [0.1, 0.15) is 11.6 Å². The number of nitrogens with zero attached hydrogens (tertiary/aromatic N) is 2. The van der Waals surface area contributed by atoms with Crippen molar-refractivity contribution in [3.05, 3.63) is 40.0 Å². The number of carbonyl (C=O) groups is 2. The summed E-state index contributed by atoms with van der Waals surface area (Å²) in [5, 5.41) is 12.0. The van der Waals surface area contributed by atoms with Crippen LogP contribution in [0.3, 0.4) is 0 Å². The second kappa shape index (κ2) is 9.05. The molecule has 0 saturated carbocycles. The lowest BCUT2D eigenvalue weighted by Crippen LogP contribution is -2.22. The van der Waals surface area contributed by atoms with E-state index in [9.17, 15) is 9.59 Å². The van der Waals surface area contributed by atoms with Crippen LogP contribution in [0.15, 0.2) is 30.0 Å². The lowest BCUT2D eigenvalue weighted by atomic mass is 10.2. The first kappa shape index (κ1) is 18.0. The molecule has 22 heavy (non-hydrogen) atoms. The summed E-state index contributed by atoms with van der Waals surface area (Å²) in [5.74, 6) is -0.689. The van der Waals surface area contributed by atoms with Gasteiger partial charge in [-0.2, -0.15) is 5.26 Å². The molecular weight excluding hydrogens is 327 g/mol. The van der Waals surface area contributed by atoms with Crippen LogP contribution in [0.2, 0.25) is 10.0 Å². The predicted molar refractivity (Wildman–Crippen MR) is 85.2 cm³/mol. The van der Waals surface area contributed by atoms with E-state index in [-0.39, 0.29) is 21.3 Å². The van der Waals surface area contributed by atoms with Gasteiger partial charge >= 0.3 is 0 Å². The summed E-state index contributed by atoms with van der Waals surface area (Å²) in [6.07, 6.45) is 2.23. The van der Waals surface area contributed by atoms with Gasteiger partial charge in [0.2, 0.25) is 6.41 Å². The van der Waals surface area contributed by atoms with Crippen molar-refractivity contribution in [3.8, 4) is 6.07 Å². The first-order chi connectivity index (χ1) is 10.5. The maximum absolute atomic E-state index is 12.1. The largest absolute Gasteiger partial charge is 0.330 e. The van der Waals surface area contributed by atoms with E-state index in [0.717, 1.165) is 6.20 Å². The number of nitriles is 1. The second-order valence-corrected chi connectivity index (χ2v) is 4.98. The molecule has 0 aliphatic rings. The van der Waals surface area contributed by atoms with Crippen molar-refractivity contribution in [1.82, 2.24) is 4.90 Å². The highest BCUT2D eigenvalue weighted by Crippen LogP contribution is 2.29. The number of amides is 2. The Bertz CT molecular complexity index is 626. The number of hydrogen-bond acceptors (Lipinski definition) is 4. The van der Waals surface area contributed by atoms with Crippen molar-refractivity contribution < 1.29 is 9.59 Å². The summed E-state index contributed by atoms with van der Waals surface area (Å²) in [7, 11) is 0. The van der Waals surface area contributed by atoms with Gasteiger partial charge in [-0.15, -0.1) is 0 Å². The SMILES string of the molecule is N#C/C(=C/N(C=O)CCCN)C(=O)Nc1cccc(Cl)c1Cl. The molecule has 0 atom stereocenters. The van der Waals surface area contributed by atoms with Gasteiger partial charge in [-0.3, -0.25) is 9.59 Å².